The van der Waals surface area contributed by atoms with E-state index in [4.69, 9.17) is 5.26 Å². The Morgan fingerprint density at radius 3 is 2.63 bits per heavy atom. The minimum atomic E-state index is -3.47. The zero-order valence-electron chi connectivity index (χ0n) is 10.8. The molecule has 6 heteroatoms. The van der Waals surface area contributed by atoms with Crippen LogP contribution in [0, 0.1) is 11.3 Å². The number of hydrogen-bond donors (Lipinski definition) is 1. The van der Waals surface area contributed by atoms with E-state index in [1.165, 1.54) is 10.4 Å². The van der Waals surface area contributed by atoms with Gasteiger partial charge in [0, 0.05) is 19.1 Å². The van der Waals surface area contributed by atoms with Crippen molar-refractivity contribution in [3.05, 3.63) is 29.8 Å². The molecule has 1 heterocycles. The van der Waals surface area contributed by atoms with Crippen LogP contribution in [0.3, 0.4) is 0 Å². The lowest BCUT2D eigenvalue weighted by atomic mass is 10.1. The van der Waals surface area contributed by atoms with Crippen LogP contribution in [-0.2, 0) is 10.0 Å². The van der Waals surface area contributed by atoms with Crippen LogP contribution in [0.25, 0.3) is 0 Å². The van der Waals surface area contributed by atoms with E-state index in [2.05, 4.69) is 5.32 Å². The van der Waals surface area contributed by atoms with Crippen molar-refractivity contribution in [1.82, 2.24) is 9.62 Å². The highest BCUT2D eigenvalue weighted by atomic mass is 32.2. The number of sulfonamides is 1. The van der Waals surface area contributed by atoms with Crippen LogP contribution in [0.5, 0.6) is 0 Å². The first-order chi connectivity index (χ1) is 9.07. The highest BCUT2D eigenvalue weighted by Crippen LogP contribution is 2.21. The van der Waals surface area contributed by atoms with Gasteiger partial charge in [0.2, 0.25) is 10.0 Å². The van der Waals surface area contributed by atoms with E-state index in [0.717, 1.165) is 12.8 Å². The summed E-state index contributed by atoms with van der Waals surface area (Å²) in [5.41, 5.74) is 0.367. The predicted molar refractivity (Wildman–Crippen MR) is 72.0 cm³/mol. The molecule has 19 heavy (non-hydrogen) atoms. The van der Waals surface area contributed by atoms with Crippen molar-refractivity contribution >= 4 is 10.0 Å². The van der Waals surface area contributed by atoms with E-state index in [9.17, 15) is 8.42 Å². The molecule has 1 N–H and O–H groups in total. The molecule has 0 aromatic heterocycles. The SMILES string of the molecule is CNC1CCN(S(=O)(=O)c2cccc(C#N)c2)CC1. The van der Waals surface area contributed by atoms with Gasteiger partial charge in [0.05, 0.1) is 16.5 Å². The molecule has 0 bridgehead atoms. The molecule has 1 aromatic rings. The second-order valence-electron chi connectivity index (χ2n) is 4.61. The standard InChI is InChI=1S/C13H17N3O2S/c1-15-12-5-7-16(8-6-12)19(17,18)13-4-2-3-11(9-13)10-14/h2-4,9,12,15H,5-8H2,1H3. The molecule has 1 saturated heterocycles. The summed E-state index contributed by atoms with van der Waals surface area (Å²) in [6.07, 6.45) is 1.63. The highest BCUT2D eigenvalue weighted by molar-refractivity contribution is 7.89. The monoisotopic (exact) mass is 279 g/mol. The third-order valence-corrected chi connectivity index (χ3v) is 5.36. The maximum absolute atomic E-state index is 12.4. The van der Waals surface area contributed by atoms with Gasteiger partial charge in [0.25, 0.3) is 0 Å². The molecular weight excluding hydrogens is 262 g/mol. The van der Waals surface area contributed by atoms with Crippen molar-refractivity contribution < 1.29 is 8.42 Å². The van der Waals surface area contributed by atoms with Gasteiger partial charge in [0.15, 0.2) is 0 Å². The van der Waals surface area contributed by atoms with E-state index >= 15 is 0 Å². The molecule has 0 spiro atoms. The Morgan fingerprint density at radius 1 is 1.37 bits per heavy atom. The minimum Gasteiger partial charge on any atom is -0.317 e. The van der Waals surface area contributed by atoms with E-state index in [1.54, 1.807) is 18.2 Å². The van der Waals surface area contributed by atoms with E-state index in [0.29, 0.717) is 24.7 Å². The molecule has 1 fully saturated rings. The maximum atomic E-state index is 12.4. The fraction of sp³-hybridized carbons (Fsp3) is 0.462. The molecule has 0 amide bonds. The molecule has 0 atom stereocenters. The van der Waals surface area contributed by atoms with Gasteiger partial charge in [-0.3, -0.25) is 0 Å². The fourth-order valence-corrected chi connectivity index (χ4v) is 3.78. The Morgan fingerprint density at radius 2 is 2.05 bits per heavy atom. The largest absolute Gasteiger partial charge is 0.317 e. The summed E-state index contributed by atoms with van der Waals surface area (Å²) in [5, 5.41) is 12.0. The van der Waals surface area contributed by atoms with E-state index < -0.39 is 10.0 Å². The molecule has 5 nitrogen and oxygen atoms in total. The van der Waals surface area contributed by atoms with Gasteiger partial charge in [-0.15, -0.1) is 0 Å². The van der Waals surface area contributed by atoms with Gasteiger partial charge in [-0.2, -0.15) is 9.57 Å². The third-order valence-electron chi connectivity index (χ3n) is 3.46. The van der Waals surface area contributed by atoms with Crippen molar-refractivity contribution in [2.75, 3.05) is 20.1 Å². The highest BCUT2D eigenvalue weighted by Gasteiger charge is 2.28. The second kappa shape index (κ2) is 5.70. The van der Waals surface area contributed by atoms with Crippen LogP contribution in [-0.4, -0.2) is 38.9 Å². The summed E-state index contributed by atoms with van der Waals surface area (Å²) in [7, 11) is -1.58. The summed E-state index contributed by atoms with van der Waals surface area (Å²) in [4.78, 5) is 0.203. The summed E-state index contributed by atoms with van der Waals surface area (Å²) in [6, 6.07) is 8.53. The molecular formula is C13H17N3O2S. The maximum Gasteiger partial charge on any atom is 0.243 e. The number of nitrogens with zero attached hydrogens (tertiary/aromatic N) is 2. The molecule has 1 aliphatic rings. The van der Waals surface area contributed by atoms with Crippen LogP contribution < -0.4 is 5.32 Å². The molecule has 102 valence electrons. The average molecular weight is 279 g/mol. The van der Waals surface area contributed by atoms with Crippen LogP contribution in [0.1, 0.15) is 18.4 Å². The summed E-state index contributed by atoms with van der Waals surface area (Å²) in [6.45, 7) is 1.04. The topological polar surface area (TPSA) is 73.2 Å². The van der Waals surface area contributed by atoms with Gasteiger partial charge in [-0.25, -0.2) is 8.42 Å². The minimum absolute atomic E-state index is 0.203. The van der Waals surface area contributed by atoms with Gasteiger partial charge >= 0.3 is 0 Å². The van der Waals surface area contributed by atoms with Gasteiger partial charge < -0.3 is 5.32 Å². The van der Waals surface area contributed by atoms with Crippen LogP contribution >= 0.6 is 0 Å². The van der Waals surface area contributed by atoms with Crippen LogP contribution in [0.2, 0.25) is 0 Å². The zero-order chi connectivity index (χ0) is 13.9. The normalized spacial score (nSPS) is 18.1. The predicted octanol–water partition coefficient (Wildman–Crippen LogP) is 0.931. The van der Waals surface area contributed by atoms with Crippen molar-refractivity contribution in [2.45, 2.75) is 23.8 Å². The first-order valence-electron chi connectivity index (χ1n) is 6.25. The lowest BCUT2D eigenvalue weighted by Crippen LogP contribution is -2.43. The number of rotatable bonds is 3. The first-order valence-corrected chi connectivity index (χ1v) is 7.69. The number of nitriles is 1. The van der Waals surface area contributed by atoms with Crippen molar-refractivity contribution in [3.63, 3.8) is 0 Å². The number of piperidine rings is 1. The molecule has 0 radical (unpaired) electrons. The Kier molecular flexibility index (Phi) is 4.20. The van der Waals surface area contributed by atoms with Crippen LogP contribution in [0.4, 0.5) is 0 Å². The van der Waals surface area contributed by atoms with Gasteiger partial charge in [0.1, 0.15) is 0 Å². The Hall–Kier alpha value is -1.42. The quantitative estimate of drug-likeness (QED) is 0.893. The first kappa shape index (κ1) is 14.0. The van der Waals surface area contributed by atoms with Crippen molar-refractivity contribution in [3.8, 4) is 6.07 Å². The van der Waals surface area contributed by atoms with E-state index in [-0.39, 0.29) is 4.90 Å². The summed E-state index contributed by atoms with van der Waals surface area (Å²) < 4.78 is 26.4. The van der Waals surface area contributed by atoms with Crippen molar-refractivity contribution in [2.24, 2.45) is 0 Å². The molecule has 0 aliphatic carbocycles. The number of nitrogens with one attached hydrogen (secondary N) is 1. The summed E-state index contributed by atoms with van der Waals surface area (Å²) >= 11 is 0. The van der Waals surface area contributed by atoms with Gasteiger partial charge in [-0.1, -0.05) is 6.07 Å². The summed E-state index contributed by atoms with van der Waals surface area (Å²) in [5.74, 6) is 0. The Bertz CT molecular complexity index is 584. The molecule has 1 aliphatic heterocycles. The second-order valence-corrected chi connectivity index (χ2v) is 6.54. The third kappa shape index (κ3) is 2.95. The average Bonchev–Trinajstić information content (AvgIpc) is 2.47. The smallest absolute Gasteiger partial charge is 0.243 e. The molecule has 2 rings (SSSR count). The lowest BCUT2D eigenvalue weighted by molar-refractivity contribution is 0.298. The lowest BCUT2D eigenvalue weighted by Gasteiger charge is -2.30. The van der Waals surface area contributed by atoms with E-state index in [1.807, 2.05) is 13.1 Å². The van der Waals surface area contributed by atoms with Crippen LogP contribution in [0.15, 0.2) is 29.2 Å². The molecule has 1 aromatic carbocycles. The number of benzene rings is 1. The van der Waals surface area contributed by atoms with Gasteiger partial charge in [-0.05, 0) is 38.1 Å². The number of hydrogen-bond acceptors (Lipinski definition) is 4. The molecule has 0 saturated carbocycles. The molecule has 0 unspecified atom stereocenters. The fourth-order valence-electron chi connectivity index (χ4n) is 2.26. The van der Waals surface area contributed by atoms with Crippen molar-refractivity contribution in [1.29, 1.82) is 5.26 Å². The zero-order valence-corrected chi connectivity index (χ0v) is 11.7. The Balaban J connectivity index is 2.21. The Labute approximate surface area is 113 Å².